The average molecular weight is 640 g/mol. The molecule has 0 aliphatic carbocycles. The molecular weight excluding hydrogens is 583 g/mol. The van der Waals surface area contributed by atoms with Crippen LogP contribution in [0.2, 0.25) is 8.87 Å². The average Bonchev–Trinajstić information content (AvgIpc) is 2.86. The minimum atomic E-state index is -2.72. The van der Waals surface area contributed by atoms with Gasteiger partial charge in [0.1, 0.15) is 0 Å². The Morgan fingerprint density at radius 1 is 0.600 bits per heavy atom. The standard InChI is InChI=1S/C10H19O2S.C10H20O2S.2C4H9.Sn/c1-3-4-5-6-7-8-9-12-10(11)13-2;1-2-3-4-5-6-7-8-12-10(11)9-13;2*1-3-4-2;/h2-9H2,1H3;13H,2-9H2,1H3;2*1,3-4H2,2H3;/q;;;;+1/p-1. The monoisotopic (exact) mass is 640 g/mol. The molecule has 0 saturated heterocycles. The summed E-state index contributed by atoms with van der Waals surface area (Å²) < 4.78 is 14.5. The van der Waals surface area contributed by atoms with Gasteiger partial charge in [-0.05, 0) is 0 Å². The molecule has 35 heavy (non-hydrogen) atoms. The van der Waals surface area contributed by atoms with Crippen molar-refractivity contribution in [1.82, 2.24) is 0 Å². The fourth-order valence-corrected chi connectivity index (χ4v) is 29.5. The van der Waals surface area contributed by atoms with E-state index in [2.05, 4.69) is 27.7 Å². The van der Waals surface area contributed by atoms with Crippen molar-refractivity contribution in [2.45, 2.75) is 139 Å². The summed E-state index contributed by atoms with van der Waals surface area (Å²) >= 11 is -1.32. The van der Waals surface area contributed by atoms with Crippen LogP contribution >= 0.6 is 20.7 Å². The summed E-state index contributed by atoms with van der Waals surface area (Å²) in [5.74, 6) is 0.403. The van der Waals surface area contributed by atoms with Crippen LogP contribution in [0.4, 0.5) is 4.79 Å². The van der Waals surface area contributed by atoms with Crippen molar-refractivity contribution in [3.63, 3.8) is 0 Å². The number of unbranched alkanes of at least 4 members (excludes halogenated alkanes) is 12. The molecule has 208 valence electrons. The van der Waals surface area contributed by atoms with Crippen molar-refractivity contribution in [3.8, 4) is 0 Å². The maximum absolute atomic E-state index is 12.5. The summed E-state index contributed by atoms with van der Waals surface area (Å²) in [5, 5.41) is -0.112. The van der Waals surface area contributed by atoms with Gasteiger partial charge in [0.25, 0.3) is 0 Å². The Morgan fingerprint density at radius 3 is 1.57 bits per heavy atom. The molecule has 0 saturated carbocycles. The molecule has 0 spiro atoms. The summed E-state index contributed by atoms with van der Waals surface area (Å²) in [6, 6.07) is 0. The van der Waals surface area contributed by atoms with Crippen LogP contribution in [0.25, 0.3) is 0 Å². The van der Waals surface area contributed by atoms with Crippen LogP contribution in [0.5, 0.6) is 0 Å². The maximum atomic E-state index is 12.5. The van der Waals surface area contributed by atoms with Gasteiger partial charge in [0.2, 0.25) is 0 Å². The molecule has 0 aliphatic heterocycles. The van der Waals surface area contributed by atoms with E-state index >= 15 is 0 Å². The van der Waals surface area contributed by atoms with Gasteiger partial charge in [-0.3, -0.25) is 0 Å². The summed E-state index contributed by atoms with van der Waals surface area (Å²) in [7, 11) is 1.92. The van der Waals surface area contributed by atoms with E-state index in [9.17, 15) is 9.59 Å². The summed E-state index contributed by atoms with van der Waals surface area (Å²) in [5.41, 5.74) is 0. The van der Waals surface area contributed by atoms with Crippen molar-refractivity contribution in [2.75, 3.05) is 22.7 Å². The SMILES string of the molecule is CCCCCCCCOC(=O)C[S][Sn]([CH2]CCC)([CH2]CCC)[CH2]SC(=O)OCCCCCCCC. The number of carbonyl (C=O) groups is 2. The quantitative estimate of drug-likeness (QED) is 0.0563. The molecule has 7 heteroatoms. The normalized spacial score (nSPS) is 11.5. The second-order valence-corrected chi connectivity index (χ2v) is 31.7. The molecule has 4 nitrogen and oxygen atoms in total. The number of hydrogen-bond donors (Lipinski definition) is 0. The second kappa shape index (κ2) is 26.1. The van der Waals surface area contributed by atoms with Crippen molar-refractivity contribution in [2.24, 2.45) is 0 Å². The van der Waals surface area contributed by atoms with E-state index in [0.29, 0.717) is 19.0 Å². The van der Waals surface area contributed by atoms with Crippen LogP contribution in [0, 0.1) is 0 Å². The van der Waals surface area contributed by atoms with Crippen LogP contribution in [-0.2, 0) is 14.3 Å². The van der Waals surface area contributed by atoms with Gasteiger partial charge in [-0.2, -0.15) is 0 Å². The molecule has 0 N–H and O–H groups in total. The fraction of sp³-hybridized carbons (Fsp3) is 0.929. The predicted octanol–water partition coefficient (Wildman–Crippen LogP) is 9.94. The number of ether oxygens (including phenoxy) is 2. The first-order valence-corrected chi connectivity index (χ1v) is 26.1. The van der Waals surface area contributed by atoms with Crippen LogP contribution in [0.3, 0.4) is 0 Å². The molecular formula is C28H56O4S2Sn. The van der Waals surface area contributed by atoms with E-state index in [1.54, 1.807) is 0 Å². The van der Waals surface area contributed by atoms with Crippen LogP contribution in [0.1, 0.15) is 130 Å². The van der Waals surface area contributed by atoms with Gasteiger partial charge in [-0.1, -0.05) is 0 Å². The number of esters is 1. The van der Waals surface area contributed by atoms with Gasteiger partial charge in [-0.15, -0.1) is 0 Å². The predicted molar refractivity (Wildman–Crippen MR) is 159 cm³/mol. The van der Waals surface area contributed by atoms with E-state index in [4.69, 9.17) is 9.47 Å². The van der Waals surface area contributed by atoms with Gasteiger partial charge in [0.05, 0.1) is 0 Å². The van der Waals surface area contributed by atoms with E-state index in [1.807, 2.05) is 8.95 Å². The minimum absolute atomic E-state index is 0.0618. The van der Waals surface area contributed by atoms with E-state index in [1.165, 1.54) is 97.7 Å². The molecule has 0 aliphatic rings. The Morgan fingerprint density at radius 2 is 1.06 bits per heavy atom. The van der Waals surface area contributed by atoms with Gasteiger partial charge >= 0.3 is 230 Å². The zero-order chi connectivity index (χ0) is 26.0. The van der Waals surface area contributed by atoms with Crippen LogP contribution in [0.15, 0.2) is 0 Å². The Hall–Kier alpha value is 0.439. The van der Waals surface area contributed by atoms with Gasteiger partial charge in [0.15, 0.2) is 0 Å². The van der Waals surface area contributed by atoms with E-state index in [-0.39, 0.29) is 11.3 Å². The molecule has 0 rings (SSSR count). The van der Waals surface area contributed by atoms with Crippen molar-refractivity contribution in [1.29, 1.82) is 0 Å². The molecule has 0 aromatic carbocycles. The number of thioether (sulfide) groups is 1. The molecule has 0 aromatic heterocycles. The van der Waals surface area contributed by atoms with E-state index in [0.717, 1.165) is 29.5 Å². The van der Waals surface area contributed by atoms with Crippen LogP contribution in [-0.4, -0.2) is 51.0 Å². The van der Waals surface area contributed by atoms with Crippen LogP contribution < -0.4 is 0 Å². The molecule has 0 heterocycles. The molecule has 0 bridgehead atoms. The Balaban J connectivity index is 4.52. The number of carbonyl (C=O) groups excluding carboxylic acids is 2. The van der Waals surface area contributed by atoms with Gasteiger partial charge in [0, 0.05) is 0 Å². The summed E-state index contributed by atoms with van der Waals surface area (Å²) in [6.07, 6.45) is 19.1. The Kier molecular flexibility index (Phi) is 26.4. The van der Waals surface area contributed by atoms with Crippen molar-refractivity contribution in [3.05, 3.63) is 0 Å². The molecule has 0 amide bonds. The summed E-state index contributed by atoms with van der Waals surface area (Å²) in [4.78, 5) is 24.9. The zero-order valence-electron chi connectivity index (χ0n) is 23.5. The Labute approximate surface area is 228 Å². The number of rotatable bonds is 25. The Bertz CT molecular complexity index is 461. The third-order valence-electron chi connectivity index (χ3n) is 6.40. The van der Waals surface area contributed by atoms with Crippen molar-refractivity contribution >= 4 is 49.0 Å². The second-order valence-electron chi connectivity index (χ2n) is 9.82. The van der Waals surface area contributed by atoms with Gasteiger partial charge in [-0.25, -0.2) is 0 Å². The zero-order valence-corrected chi connectivity index (χ0v) is 28.0. The topological polar surface area (TPSA) is 52.6 Å². The molecule has 0 aromatic rings. The molecule has 0 fully saturated rings. The molecule has 0 unspecified atom stereocenters. The number of hydrogen-bond acceptors (Lipinski definition) is 6. The van der Waals surface area contributed by atoms with E-state index < -0.39 is 17.0 Å². The summed E-state index contributed by atoms with van der Waals surface area (Å²) in [6.45, 7) is 10.0. The third kappa shape index (κ3) is 22.2. The first-order chi connectivity index (χ1) is 17.0. The first-order valence-electron chi connectivity index (χ1n) is 14.6. The molecule has 0 atom stereocenters. The van der Waals surface area contributed by atoms with Crippen molar-refractivity contribution < 1.29 is 19.1 Å². The first kappa shape index (κ1) is 35.4. The molecule has 0 radical (unpaired) electrons. The third-order valence-corrected chi connectivity index (χ3v) is 33.0. The fourth-order valence-electron chi connectivity index (χ4n) is 4.05. The van der Waals surface area contributed by atoms with Gasteiger partial charge < -0.3 is 0 Å².